The minimum absolute atomic E-state index is 0.364. The molecule has 1 aromatic rings. The second kappa shape index (κ2) is 5.33. The highest BCUT2D eigenvalue weighted by Gasteiger charge is 2.26. The lowest BCUT2D eigenvalue weighted by Crippen LogP contribution is -2.32. The third-order valence-corrected chi connectivity index (χ3v) is 4.98. The summed E-state index contributed by atoms with van der Waals surface area (Å²) in [6, 6.07) is 2.67. The Bertz CT molecular complexity index is 331. The summed E-state index contributed by atoms with van der Waals surface area (Å²) in [6.45, 7) is 4.57. The molecule has 0 bridgehead atoms. The molecule has 1 aromatic heterocycles. The molecule has 0 spiro atoms. The van der Waals surface area contributed by atoms with Crippen LogP contribution < -0.4 is 5.73 Å². The van der Waals surface area contributed by atoms with Gasteiger partial charge in [0.1, 0.15) is 0 Å². The maximum Gasteiger partial charge on any atom is 0.0111 e. The van der Waals surface area contributed by atoms with Crippen LogP contribution in [0.4, 0.5) is 0 Å². The molecule has 1 aliphatic carbocycles. The van der Waals surface area contributed by atoms with Gasteiger partial charge in [-0.3, -0.25) is 0 Å². The Kier molecular flexibility index (Phi) is 4.04. The lowest BCUT2D eigenvalue weighted by molar-refractivity contribution is 0.380. The van der Waals surface area contributed by atoms with Crippen LogP contribution in [0.5, 0.6) is 0 Å². The monoisotopic (exact) mass is 237 g/mol. The molecule has 90 valence electrons. The quantitative estimate of drug-likeness (QED) is 0.843. The van der Waals surface area contributed by atoms with E-state index in [0.717, 1.165) is 5.92 Å². The first kappa shape index (κ1) is 12.1. The van der Waals surface area contributed by atoms with Crippen LogP contribution in [0.3, 0.4) is 0 Å². The van der Waals surface area contributed by atoms with Crippen molar-refractivity contribution in [3.05, 3.63) is 21.9 Å². The van der Waals surface area contributed by atoms with Crippen molar-refractivity contribution in [1.29, 1.82) is 0 Å². The van der Waals surface area contributed by atoms with Crippen molar-refractivity contribution in [3.8, 4) is 0 Å². The topological polar surface area (TPSA) is 26.0 Å². The molecule has 2 rings (SSSR count). The van der Waals surface area contributed by atoms with Crippen LogP contribution in [0.25, 0.3) is 0 Å². The first-order chi connectivity index (χ1) is 7.72. The van der Waals surface area contributed by atoms with Gasteiger partial charge in [0.2, 0.25) is 0 Å². The van der Waals surface area contributed by atoms with Crippen LogP contribution in [-0.2, 0) is 6.42 Å². The van der Waals surface area contributed by atoms with Gasteiger partial charge in [0, 0.05) is 16.8 Å². The largest absolute Gasteiger partial charge is 0.327 e. The van der Waals surface area contributed by atoms with Gasteiger partial charge in [-0.1, -0.05) is 20.3 Å². The fourth-order valence-electron chi connectivity index (χ4n) is 2.76. The van der Waals surface area contributed by atoms with Crippen molar-refractivity contribution in [2.45, 2.75) is 57.9 Å². The average Bonchev–Trinajstić information content (AvgIpc) is 2.76. The van der Waals surface area contributed by atoms with Crippen molar-refractivity contribution >= 4 is 11.3 Å². The summed E-state index contributed by atoms with van der Waals surface area (Å²) >= 11 is 1.92. The molecule has 0 aliphatic heterocycles. The summed E-state index contributed by atoms with van der Waals surface area (Å²) in [6.07, 6.45) is 6.32. The van der Waals surface area contributed by atoms with Crippen molar-refractivity contribution in [2.24, 2.45) is 11.7 Å². The van der Waals surface area contributed by atoms with E-state index in [9.17, 15) is 0 Å². The molecule has 0 radical (unpaired) electrons. The normalized spacial score (nSPS) is 23.8. The number of hydrogen-bond acceptors (Lipinski definition) is 2. The molecule has 0 aromatic carbocycles. The van der Waals surface area contributed by atoms with Crippen LogP contribution in [0, 0.1) is 5.92 Å². The van der Waals surface area contributed by atoms with Crippen molar-refractivity contribution in [3.63, 3.8) is 0 Å². The summed E-state index contributed by atoms with van der Waals surface area (Å²) in [5.74, 6) is 1.39. The standard InChI is InChI=1S/C14H23NS/c1-3-10(2)9-13(15)11-5-4-6-14-12(11)7-8-16-14/h7-8,10-11,13H,3-6,9,15H2,1-2H3. The Hall–Kier alpha value is -0.340. The van der Waals surface area contributed by atoms with Gasteiger partial charge in [0.05, 0.1) is 0 Å². The number of thiophene rings is 1. The minimum Gasteiger partial charge on any atom is -0.327 e. The van der Waals surface area contributed by atoms with Crippen LogP contribution in [0.2, 0.25) is 0 Å². The van der Waals surface area contributed by atoms with E-state index in [1.54, 1.807) is 10.4 Å². The third kappa shape index (κ3) is 2.49. The maximum absolute atomic E-state index is 6.40. The summed E-state index contributed by atoms with van der Waals surface area (Å²) in [7, 11) is 0. The molecule has 16 heavy (non-hydrogen) atoms. The van der Waals surface area contributed by atoms with Gasteiger partial charge in [0.25, 0.3) is 0 Å². The Balaban J connectivity index is 2.06. The first-order valence-corrected chi connectivity index (χ1v) is 7.42. The highest BCUT2D eigenvalue weighted by molar-refractivity contribution is 7.10. The number of fused-ring (bicyclic) bond motifs is 1. The molecule has 2 heteroatoms. The van der Waals surface area contributed by atoms with Gasteiger partial charge >= 0.3 is 0 Å². The van der Waals surface area contributed by atoms with E-state index in [0.29, 0.717) is 12.0 Å². The van der Waals surface area contributed by atoms with Crippen molar-refractivity contribution < 1.29 is 0 Å². The Morgan fingerprint density at radius 2 is 2.38 bits per heavy atom. The van der Waals surface area contributed by atoms with Gasteiger partial charge in [-0.2, -0.15) is 0 Å². The maximum atomic E-state index is 6.40. The second-order valence-electron chi connectivity index (χ2n) is 5.21. The van der Waals surface area contributed by atoms with E-state index >= 15 is 0 Å². The molecule has 0 fully saturated rings. The van der Waals surface area contributed by atoms with Crippen molar-refractivity contribution in [1.82, 2.24) is 0 Å². The van der Waals surface area contributed by atoms with Gasteiger partial charge in [-0.15, -0.1) is 11.3 Å². The predicted octanol–water partition coefficient (Wildman–Crippen LogP) is 3.93. The molecule has 1 nitrogen and oxygen atoms in total. The van der Waals surface area contributed by atoms with E-state index in [1.807, 2.05) is 11.3 Å². The molecular weight excluding hydrogens is 214 g/mol. The van der Waals surface area contributed by atoms with Gasteiger partial charge < -0.3 is 5.73 Å². The molecule has 0 saturated carbocycles. The number of nitrogens with two attached hydrogens (primary N) is 1. The van der Waals surface area contributed by atoms with Gasteiger partial charge in [-0.05, 0) is 48.6 Å². The molecule has 0 amide bonds. The highest BCUT2D eigenvalue weighted by atomic mass is 32.1. The van der Waals surface area contributed by atoms with Crippen LogP contribution in [0.1, 0.15) is 55.9 Å². The van der Waals surface area contributed by atoms with Crippen LogP contribution in [-0.4, -0.2) is 6.04 Å². The Morgan fingerprint density at radius 3 is 3.12 bits per heavy atom. The molecule has 0 saturated heterocycles. The minimum atomic E-state index is 0.364. The molecule has 1 aliphatic rings. The predicted molar refractivity (Wildman–Crippen MR) is 72.0 cm³/mol. The van der Waals surface area contributed by atoms with E-state index in [1.165, 1.54) is 32.1 Å². The number of rotatable bonds is 4. The average molecular weight is 237 g/mol. The summed E-state index contributed by atoms with van der Waals surface area (Å²) in [5, 5.41) is 2.24. The zero-order valence-electron chi connectivity index (χ0n) is 10.4. The molecule has 3 atom stereocenters. The highest BCUT2D eigenvalue weighted by Crippen LogP contribution is 2.37. The number of hydrogen-bond donors (Lipinski definition) is 1. The molecule has 1 heterocycles. The van der Waals surface area contributed by atoms with Crippen LogP contribution in [0.15, 0.2) is 11.4 Å². The Labute approximate surface area is 103 Å². The van der Waals surface area contributed by atoms with Gasteiger partial charge in [-0.25, -0.2) is 0 Å². The summed E-state index contributed by atoms with van der Waals surface area (Å²) < 4.78 is 0. The molecule has 3 unspecified atom stereocenters. The zero-order chi connectivity index (χ0) is 11.5. The van der Waals surface area contributed by atoms with E-state index in [-0.39, 0.29) is 0 Å². The smallest absolute Gasteiger partial charge is 0.0111 e. The SMILES string of the molecule is CCC(C)CC(N)C1CCCc2sccc21. The molecular formula is C14H23NS. The second-order valence-corrected chi connectivity index (χ2v) is 6.21. The van der Waals surface area contributed by atoms with Gasteiger partial charge in [0.15, 0.2) is 0 Å². The van der Waals surface area contributed by atoms with E-state index in [2.05, 4.69) is 25.3 Å². The zero-order valence-corrected chi connectivity index (χ0v) is 11.2. The fourth-order valence-corrected chi connectivity index (χ4v) is 3.76. The van der Waals surface area contributed by atoms with Crippen LogP contribution >= 0.6 is 11.3 Å². The van der Waals surface area contributed by atoms with Crippen molar-refractivity contribution in [2.75, 3.05) is 0 Å². The molecule has 2 N–H and O–H groups in total. The summed E-state index contributed by atoms with van der Waals surface area (Å²) in [5.41, 5.74) is 7.97. The van der Waals surface area contributed by atoms with E-state index < -0.39 is 0 Å². The summed E-state index contributed by atoms with van der Waals surface area (Å²) in [4.78, 5) is 1.59. The Morgan fingerprint density at radius 1 is 1.56 bits per heavy atom. The third-order valence-electron chi connectivity index (χ3n) is 3.99. The van der Waals surface area contributed by atoms with E-state index in [4.69, 9.17) is 5.73 Å². The number of aryl methyl sites for hydroxylation is 1. The first-order valence-electron chi connectivity index (χ1n) is 6.54. The lowest BCUT2D eigenvalue weighted by atomic mass is 9.79. The lowest BCUT2D eigenvalue weighted by Gasteiger charge is -2.29. The fraction of sp³-hybridized carbons (Fsp3) is 0.714.